The Balaban J connectivity index is 0.000000605. The Morgan fingerprint density at radius 2 is 1.75 bits per heavy atom. The van der Waals surface area contributed by atoms with Crippen LogP contribution in [0, 0.1) is 0 Å². The zero-order chi connectivity index (χ0) is 6.97. The summed E-state index contributed by atoms with van der Waals surface area (Å²) in [6.07, 6.45) is 1.35. The first-order chi connectivity index (χ1) is 4.88. The van der Waals surface area contributed by atoms with Crippen LogP contribution in [0.15, 0.2) is 29.3 Å². The number of para-hydroxylation sites is 1. The van der Waals surface area contributed by atoms with Gasteiger partial charge in [-0.25, -0.2) is 0 Å². The third-order valence-corrected chi connectivity index (χ3v) is 1.49. The number of rotatable bonds is 0. The number of hydrogen-bond acceptors (Lipinski definition) is 2. The van der Waals surface area contributed by atoms with E-state index in [-0.39, 0.29) is 30.6 Å². The van der Waals surface area contributed by atoms with Gasteiger partial charge in [0.05, 0.1) is 11.9 Å². The summed E-state index contributed by atoms with van der Waals surface area (Å²) in [4.78, 5) is 14.8. The molecule has 0 atom stereocenters. The van der Waals surface area contributed by atoms with Gasteiger partial charge in [0.2, 0.25) is 5.78 Å². The lowest BCUT2D eigenvalue weighted by Gasteiger charge is -1.90. The molecule has 0 N–H and O–H groups in total. The first-order valence-electron chi connectivity index (χ1n) is 3.05. The van der Waals surface area contributed by atoms with Crippen molar-refractivity contribution in [2.75, 3.05) is 0 Å². The van der Waals surface area contributed by atoms with Crippen molar-refractivity contribution in [2.24, 2.45) is 4.99 Å². The maximum atomic E-state index is 10.9. The standard InChI is InChI=1S/C8H5NO.2ClH/c10-8-5-9-7-4-2-1-3-6(7)8;;/h1-5H;2*1H. The normalized spacial score (nSPS) is 11.5. The molecule has 0 saturated heterocycles. The molecule has 1 aliphatic heterocycles. The van der Waals surface area contributed by atoms with Gasteiger partial charge in [-0.15, -0.1) is 24.8 Å². The summed E-state index contributed by atoms with van der Waals surface area (Å²) in [5.74, 6) is 0.00981. The first kappa shape index (κ1) is 11.1. The maximum Gasteiger partial charge on any atom is 0.206 e. The lowest BCUT2D eigenvalue weighted by Crippen LogP contribution is -1.92. The van der Waals surface area contributed by atoms with Crippen molar-refractivity contribution in [1.82, 2.24) is 0 Å². The number of halogens is 2. The van der Waals surface area contributed by atoms with Crippen molar-refractivity contribution in [2.45, 2.75) is 0 Å². The summed E-state index contributed by atoms with van der Waals surface area (Å²) in [7, 11) is 0. The molecule has 1 aliphatic rings. The van der Waals surface area contributed by atoms with Crippen LogP contribution in [-0.2, 0) is 0 Å². The number of carbonyl (C=O) groups excluding carboxylic acids is 1. The number of hydrogen-bond donors (Lipinski definition) is 0. The summed E-state index contributed by atoms with van der Waals surface area (Å²) in [6, 6.07) is 7.32. The van der Waals surface area contributed by atoms with Crippen molar-refractivity contribution in [3.63, 3.8) is 0 Å². The predicted octanol–water partition coefficient (Wildman–Crippen LogP) is 2.43. The molecule has 12 heavy (non-hydrogen) atoms. The van der Waals surface area contributed by atoms with Gasteiger partial charge in [0.15, 0.2) is 0 Å². The van der Waals surface area contributed by atoms with Crippen LogP contribution in [0.4, 0.5) is 5.69 Å². The predicted molar refractivity (Wildman–Crippen MR) is 53.4 cm³/mol. The van der Waals surface area contributed by atoms with Gasteiger partial charge in [-0.2, -0.15) is 0 Å². The molecule has 2 rings (SSSR count). The average molecular weight is 204 g/mol. The number of carbonyl (C=O) groups is 1. The van der Waals surface area contributed by atoms with Gasteiger partial charge in [-0.1, -0.05) is 12.1 Å². The molecule has 0 aromatic heterocycles. The van der Waals surface area contributed by atoms with E-state index in [1.54, 1.807) is 6.07 Å². The van der Waals surface area contributed by atoms with Crippen molar-refractivity contribution in [3.05, 3.63) is 29.8 Å². The van der Waals surface area contributed by atoms with E-state index >= 15 is 0 Å². The van der Waals surface area contributed by atoms with Crippen molar-refractivity contribution < 1.29 is 4.79 Å². The molecule has 0 saturated carbocycles. The highest BCUT2D eigenvalue weighted by Crippen LogP contribution is 2.22. The molecule has 0 aliphatic carbocycles. The quantitative estimate of drug-likeness (QED) is 0.638. The number of nitrogens with zero attached hydrogens (tertiary/aromatic N) is 1. The largest absolute Gasteiger partial charge is 0.287 e. The lowest BCUT2D eigenvalue weighted by atomic mass is 10.1. The van der Waals surface area contributed by atoms with Crippen LogP contribution in [0.25, 0.3) is 0 Å². The molecule has 1 aromatic rings. The molecular formula is C8H7Cl2NO. The maximum absolute atomic E-state index is 10.9. The van der Waals surface area contributed by atoms with E-state index in [1.807, 2.05) is 18.2 Å². The van der Waals surface area contributed by atoms with Crippen LogP contribution in [0.5, 0.6) is 0 Å². The summed E-state index contributed by atoms with van der Waals surface area (Å²) in [6.45, 7) is 0. The van der Waals surface area contributed by atoms with Gasteiger partial charge in [-0.3, -0.25) is 9.79 Å². The highest BCUT2D eigenvalue weighted by molar-refractivity contribution is 6.39. The number of Topliss-reactive ketones (excluding diaryl/α,β-unsaturated/α-hetero) is 1. The number of aliphatic imine (C=N–C) groups is 1. The molecule has 0 amide bonds. The summed E-state index contributed by atoms with van der Waals surface area (Å²) >= 11 is 0. The van der Waals surface area contributed by atoms with Crippen molar-refractivity contribution in [3.8, 4) is 0 Å². The van der Waals surface area contributed by atoms with E-state index in [4.69, 9.17) is 0 Å². The Morgan fingerprint density at radius 3 is 2.42 bits per heavy atom. The summed E-state index contributed by atoms with van der Waals surface area (Å²) in [5.41, 5.74) is 1.50. The third-order valence-electron chi connectivity index (χ3n) is 1.49. The van der Waals surface area contributed by atoms with Crippen molar-refractivity contribution >= 4 is 42.5 Å². The second-order valence-corrected chi connectivity index (χ2v) is 2.14. The van der Waals surface area contributed by atoms with Gasteiger partial charge < -0.3 is 0 Å². The number of fused-ring (bicyclic) bond motifs is 1. The van der Waals surface area contributed by atoms with Gasteiger partial charge in [0.25, 0.3) is 0 Å². The highest BCUT2D eigenvalue weighted by atomic mass is 35.5. The topological polar surface area (TPSA) is 29.4 Å². The smallest absolute Gasteiger partial charge is 0.206 e. The zero-order valence-corrected chi connectivity index (χ0v) is 7.69. The Morgan fingerprint density at radius 1 is 1.08 bits per heavy atom. The summed E-state index contributed by atoms with van der Waals surface area (Å²) in [5, 5.41) is 0. The van der Waals surface area contributed by atoms with E-state index in [0.29, 0.717) is 5.56 Å². The molecule has 64 valence electrons. The van der Waals surface area contributed by atoms with E-state index < -0.39 is 0 Å². The molecule has 0 unspecified atom stereocenters. The number of ketones is 1. The molecule has 0 radical (unpaired) electrons. The van der Waals surface area contributed by atoms with Crippen LogP contribution >= 0.6 is 24.8 Å². The van der Waals surface area contributed by atoms with Crippen LogP contribution in [0.2, 0.25) is 0 Å². The minimum absolute atomic E-state index is 0. The van der Waals surface area contributed by atoms with Gasteiger partial charge in [0, 0.05) is 5.56 Å². The third kappa shape index (κ3) is 1.65. The molecule has 0 fully saturated rings. The molecule has 1 heterocycles. The molecule has 4 heteroatoms. The highest BCUT2D eigenvalue weighted by Gasteiger charge is 2.12. The Labute approximate surface area is 82.5 Å². The van der Waals surface area contributed by atoms with E-state index in [2.05, 4.69) is 4.99 Å². The van der Waals surface area contributed by atoms with E-state index in [1.165, 1.54) is 6.21 Å². The lowest BCUT2D eigenvalue weighted by molar-refractivity contribution is 0.107. The fourth-order valence-electron chi connectivity index (χ4n) is 0.992. The van der Waals surface area contributed by atoms with Gasteiger partial charge >= 0.3 is 0 Å². The van der Waals surface area contributed by atoms with Crippen molar-refractivity contribution in [1.29, 1.82) is 0 Å². The fourth-order valence-corrected chi connectivity index (χ4v) is 0.992. The minimum atomic E-state index is 0. The first-order valence-corrected chi connectivity index (χ1v) is 3.05. The fraction of sp³-hybridized carbons (Fsp3) is 0. The average Bonchev–Trinajstić information content (AvgIpc) is 2.34. The van der Waals surface area contributed by atoms with Gasteiger partial charge in [-0.05, 0) is 12.1 Å². The molecular weight excluding hydrogens is 197 g/mol. The minimum Gasteiger partial charge on any atom is -0.287 e. The zero-order valence-electron chi connectivity index (χ0n) is 6.06. The van der Waals surface area contributed by atoms with E-state index in [0.717, 1.165) is 5.69 Å². The Hall–Kier alpha value is -0.860. The Kier molecular flexibility index (Phi) is 3.93. The SMILES string of the molecule is Cl.Cl.O=C1C=Nc2ccccc21. The van der Waals surface area contributed by atoms with Crippen LogP contribution in [-0.4, -0.2) is 12.0 Å². The van der Waals surface area contributed by atoms with Gasteiger partial charge in [0.1, 0.15) is 0 Å². The van der Waals surface area contributed by atoms with E-state index in [9.17, 15) is 4.79 Å². The summed E-state index contributed by atoms with van der Waals surface area (Å²) < 4.78 is 0. The second-order valence-electron chi connectivity index (χ2n) is 2.14. The monoisotopic (exact) mass is 203 g/mol. The molecule has 0 spiro atoms. The van der Waals surface area contributed by atoms with Crippen LogP contribution in [0.1, 0.15) is 10.4 Å². The molecule has 2 nitrogen and oxygen atoms in total. The molecule has 1 aromatic carbocycles. The van der Waals surface area contributed by atoms with Crippen LogP contribution in [0.3, 0.4) is 0 Å². The number of benzene rings is 1. The van der Waals surface area contributed by atoms with Crippen LogP contribution < -0.4 is 0 Å². The molecule has 0 bridgehead atoms. The second kappa shape index (κ2) is 4.24. The Bertz CT molecular complexity index is 323.